The Balaban J connectivity index is 1.38. The Morgan fingerprint density at radius 1 is 1.07 bits per heavy atom. The number of carbonyl (C=O) groups excluding carboxylic acids is 2. The summed E-state index contributed by atoms with van der Waals surface area (Å²) in [7, 11) is 3.17. The quantitative estimate of drug-likeness (QED) is 0.818. The molecule has 1 atom stereocenters. The van der Waals surface area contributed by atoms with Crippen LogP contribution in [0.5, 0.6) is 11.5 Å². The van der Waals surface area contributed by atoms with Crippen LogP contribution in [0, 0.1) is 5.92 Å². The molecule has 152 valence electrons. The Bertz CT molecular complexity index is 940. The van der Waals surface area contributed by atoms with Crippen LogP contribution in [0.2, 0.25) is 0 Å². The second-order valence-corrected chi connectivity index (χ2v) is 7.62. The molecule has 0 aromatic heterocycles. The van der Waals surface area contributed by atoms with E-state index in [1.807, 2.05) is 24.3 Å². The molecular weight excluding hydrogens is 368 g/mol. The Morgan fingerprint density at radius 3 is 2.66 bits per heavy atom. The van der Waals surface area contributed by atoms with Gasteiger partial charge in [-0.2, -0.15) is 0 Å². The second kappa shape index (κ2) is 8.15. The number of aryl methyl sites for hydroxylation is 2. The van der Waals surface area contributed by atoms with Gasteiger partial charge in [0.25, 0.3) is 0 Å². The number of hydrogen-bond donors (Lipinski definition) is 1. The highest BCUT2D eigenvalue weighted by Crippen LogP contribution is 2.31. The molecule has 1 fully saturated rings. The normalized spacial score (nSPS) is 17.9. The second-order valence-electron chi connectivity index (χ2n) is 7.62. The smallest absolute Gasteiger partial charge is 0.227 e. The number of anilines is 1. The van der Waals surface area contributed by atoms with Crippen LogP contribution in [0.25, 0.3) is 0 Å². The lowest BCUT2D eigenvalue weighted by Gasteiger charge is -2.18. The van der Waals surface area contributed by atoms with Crippen molar-refractivity contribution in [1.82, 2.24) is 5.32 Å². The van der Waals surface area contributed by atoms with Crippen LogP contribution >= 0.6 is 0 Å². The molecule has 1 N–H and O–H groups in total. The minimum absolute atomic E-state index is 0.00853. The van der Waals surface area contributed by atoms with Gasteiger partial charge in [0.15, 0.2) is 11.5 Å². The summed E-state index contributed by atoms with van der Waals surface area (Å²) in [5.74, 6) is 0.842. The van der Waals surface area contributed by atoms with E-state index in [0.717, 1.165) is 24.1 Å². The van der Waals surface area contributed by atoms with Crippen molar-refractivity contribution < 1.29 is 19.1 Å². The molecule has 0 radical (unpaired) electrons. The fraction of sp³-hybridized carbons (Fsp3) is 0.391. The number of nitrogens with one attached hydrogen (secondary N) is 1. The Hall–Kier alpha value is -3.02. The number of fused-ring (bicyclic) bond motifs is 1. The number of ether oxygens (including phenoxy) is 2. The first-order valence-electron chi connectivity index (χ1n) is 10.00. The van der Waals surface area contributed by atoms with Crippen molar-refractivity contribution in [2.75, 3.05) is 25.7 Å². The van der Waals surface area contributed by atoms with Crippen molar-refractivity contribution in [3.8, 4) is 11.5 Å². The van der Waals surface area contributed by atoms with Gasteiger partial charge in [0.1, 0.15) is 0 Å². The van der Waals surface area contributed by atoms with E-state index in [4.69, 9.17) is 9.47 Å². The van der Waals surface area contributed by atoms with Gasteiger partial charge < -0.3 is 19.7 Å². The third-order valence-corrected chi connectivity index (χ3v) is 5.80. The average molecular weight is 394 g/mol. The van der Waals surface area contributed by atoms with Crippen molar-refractivity contribution in [3.05, 3.63) is 53.1 Å². The number of benzene rings is 2. The standard InChI is InChI=1S/C23H26N2O4/c1-28-20-9-6-15(10-21(20)29-2)13-24-23(27)18-12-22(26)25(14-18)19-8-7-16-4-3-5-17(16)11-19/h6-11,18H,3-5,12-14H2,1-2H3,(H,24,27)/t18-/m1/s1. The molecule has 6 nitrogen and oxygen atoms in total. The van der Waals surface area contributed by atoms with Crippen LogP contribution in [-0.4, -0.2) is 32.6 Å². The van der Waals surface area contributed by atoms with E-state index in [1.54, 1.807) is 19.1 Å². The molecule has 2 amide bonds. The predicted octanol–water partition coefficient (Wildman–Crippen LogP) is 2.86. The van der Waals surface area contributed by atoms with Gasteiger partial charge in [0.2, 0.25) is 11.8 Å². The number of rotatable bonds is 6. The zero-order valence-electron chi connectivity index (χ0n) is 16.9. The summed E-state index contributed by atoms with van der Waals surface area (Å²) >= 11 is 0. The van der Waals surface area contributed by atoms with E-state index >= 15 is 0 Å². The van der Waals surface area contributed by atoms with Crippen molar-refractivity contribution in [1.29, 1.82) is 0 Å². The third kappa shape index (κ3) is 3.92. The van der Waals surface area contributed by atoms with E-state index in [9.17, 15) is 9.59 Å². The van der Waals surface area contributed by atoms with Crippen molar-refractivity contribution in [2.24, 2.45) is 5.92 Å². The summed E-state index contributed by atoms with van der Waals surface area (Å²) in [6, 6.07) is 11.8. The van der Waals surface area contributed by atoms with Crippen molar-refractivity contribution in [2.45, 2.75) is 32.2 Å². The highest BCUT2D eigenvalue weighted by Gasteiger charge is 2.35. The van der Waals surface area contributed by atoms with Crippen LogP contribution < -0.4 is 19.7 Å². The van der Waals surface area contributed by atoms with Gasteiger partial charge in [0, 0.05) is 25.2 Å². The molecule has 29 heavy (non-hydrogen) atoms. The molecule has 4 rings (SSSR count). The molecule has 2 aliphatic rings. The number of hydrogen-bond acceptors (Lipinski definition) is 4. The first-order chi connectivity index (χ1) is 14.1. The summed E-state index contributed by atoms with van der Waals surface area (Å²) in [6.45, 7) is 0.804. The number of amides is 2. The van der Waals surface area contributed by atoms with Crippen LogP contribution in [0.4, 0.5) is 5.69 Å². The van der Waals surface area contributed by atoms with E-state index in [0.29, 0.717) is 24.6 Å². The van der Waals surface area contributed by atoms with E-state index in [-0.39, 0.29) is 24.2 Å². The molecule has 0 spiro atoms. The largest absolute Gasteiger partial charge is 0.493 e. The summed E-state index contributed by atoms with van der Waals surface area (Å²) in [5, 5.41) is 2.95. The Morgan fingerprint density at radius 2 is 1.86 bits per heavy atom. The number of carbonyl (C=O) groups is 2. The van der Waals surface area contributed by atoms with E-state index in [1.165, 1.54) is 17.5 Å². The molecule has 1 heterocycles. The van der Waals surface area contributed by atoms with Crippen molar-refractivity contribution >= 4 is 17.5 Å². The molecule has 2 aromatic carbocycles. The monoisotopic (exact) mass is 394 g/mol. The first-order valence-corrected chi connectivity index (χ1v) is 10.00. The maximum atomic E-state index is 12.7. The lowest BCUT2D eigenvalue weighted by atomic mass is 10.1. The van der Waals surface area contributed by atoms with Crippen molar-refractivity contribution in [3.63, 3.8) is 0 Å². The SMILES string of the molecule is COc1ccc(CNC(=O)[C@@H]2CC(=O)N(c3ccc4c(c3)CCC4)C2)cc1OC. The van der Waals surface area contributed by atoms with Crippen LogP contribution in [0.15, 0.2) is 36.4 Å². The van der Waals surface area contributed by atoms with Gasteiger partial charge in [-0.15, -0.1) is 0 Å². The number of nitrogens with zero attached hydrogens (tertiary/aromatic N) is 1. The van der Waals surface area contributed by atoms with Crippen LogP contribution in [-0.2, 0) is 29.0 Å². The first kappa shape index (κ1) is 19.3. The lowest BCUT2D eigenvalue weighted by Crippen LogP contribution is -2.32. The molecule has 1 aliphatic heterocycles. The Labute approximate surface area is 170 Å². The summed E-state index contributed by atoms with van der Waals surface area (Å²) in [5.41, 5.74) is 4.53. The molecule has 0 saturated carbocycles. The summed E-state index contributed by atoms with van der Waals surface area (Å²) in [4.78, 5) is 26.9. The van der Waals surface area contributed by atoms with E-state index < -0.39 is 0 Å². The topological polar surface area (TPSA) is 67.9 Å². The molecule has 1 saturated heterocycles. The van der Waals surface area contributed by atoms with Gasteiger partial charge in [-0.3, -0.25) is 9.59 Å². The highest BCUT2D eigenvalue weighted by molar-refractivity contribution is 6.00. The highest BCUT2D eigenvalue weighted by atomic mass is 16.5. The van der Waals surface area contributed by atoms with Crippen LogP contribution in [0.1, 0.15) is 29.5 Å². The van der Waals surface area contributed by atoms with E-state index in [2.05, 4.69) is 17.4 Å². The molecular formula is C23H26N2O4. The third-order valence-electron chi connectivity index (χ3n) is 5.80. The van der Waals surface area contributed by atoms with Gasteiger partial charge in [-0.25, -0.2) is 0 Å². The summed E-state index contributed by atoms with van der Waals surface area (Å²) in [6.07, 6.45) is 3.61. The minimum Gasteiger partial charge on any atom is -0.493 e. The van der Waals surface area contributed by atoms with Gasteiger partial charge in [-0.1, -0.05) is 12.1 Å². The molecule has 0 bridgehead atoms. The average Bonchev–Trinajstić information content (AvgIpc) is 3.37. The van der Waals surface area contributed by atoms with Gasteiger partial charge >= 0.3 is 0 Å². The zero-order valence-corrected chi connectivity index (χ0v) is 16.9. The lowest BCUT2D eigenvalue weighted by molar-refractivity contribution is -0.126. The maximum Gasteiger partial charge on any atom is 0.227 e. The van der Waals surface area contributed by atoms with Gasteiger partial charge in [0.05, 0.1) is 20.1 Å². The maximum absolute atomic E-state index is 12.7. The fourth-order valence-electron chi connectivity index (χ4n) is 4.18. The van der Waals surface area contributed by atoms with Gasteiger partial charge in [-0.05, 0) is 60.2 Å². The fourth-order valence-corrected chi connectivity index (χ4v) is 4.18. The molecule has 1 aliphatic carbocycles. The Kier molecular flexibility index (Phi) is 5.43. The number of methoxy groups -OCH3 is 2. The zero-order chi connectivity index (χ0) is 20.4. The molecule has 2 aromatic rings. The molecule has 6 heteroatoms. The summed E-state index contributed by atoms with van der Waals surface area (Å²) < 4.78 is 10.5. The minimum atomic E-state index is -0.337. The molecule has 0 unspecified atom stereocenters. The van der Waals surface area contributed by atoms with Crippen LogP contribution in [0.3, 0.4) is 0 Å². The predicted molar refractivity (Wildman–Crippen MR) is 110 cm³/mol.